The number of nitriles is 1. The summed E-state index contributed by atoms with van der Waals surface area (Å²) >= 11 is 0. The molecule has 3 heteroatoms. The number of hydrogen-bond donors (Lipinski definition) is 0. The fourth-order valence-electron chi connectivity index (χ4n) is 3.63. The third-order valence-electron chi connectivity index (χ3n) is 4.70. The lowest BCUT2D eigenvalue weighted by atomic mass is 9.73. The standard InChI is InChI=1S/C17H22N2O/c18-10-11-20-16-7-5-6-15(12-16)19-13-17(14-19)8-3-1-2-4-9-17/h5-7,12H,1-4,8-9,11,13-14H2. The van der Waals surface area contributed by atoms with E-state index in [9.17, 15) is 0 Å². The molecule has 1 aliphatic heterocycles. The van der Waals surface area contributed by atoms with E-state index >= 15 is 0 Å². The monoisotopic (exact) mass is 270 g/mol. The first-order valence-electron chi connectivity index (χ1n) is 7.66. The van der Waals surface area contributed by atoms with Crippen molar-refractivity contribution in [2.24, 2.45) is 5.41 Å². The molecule has 2 fully saturated rings. The van der Waals surface area contributed by atoms with Crippen LogP contribution in [0.5, 0.6) is 5.75 Å². The van der Waals surface area contributed by atoms with Crippen LogP contribution in [0.4, 0.5) is 5.69 Å². The molecule has 0 amide bonds. The molecule has 0 atom stereocenters. The highest BCUT2D eigenvalue weighted by molar-refractivity contribution is 5.53. The zero-order valence-electron chi connectivity index (χ0n) is 12.0. The summed E-state index contributed by atoms with van der Waals surface area (Å²) in [4.78, 5) is 2.45. The molecule has 0 aromatic heterocycles. The Balaban J connectivity index is 1.63. The van der Waals surface area contributed by atoms with Gasteiger partial charge in [0.25, 0.3) is 0 Å². The fraction of sp³-hybridized carbons (Fsp3) is 0.588. The third-order valence-corrected chi connectivity index (χ3v) is 4.70. The minimum atomic E-state index is 0.118. The molecule has 0 unspecified atom stereocenters. The maximum Gasteiger partial charge on any atom is 0.174 e. The molecular formula is C17H22N2O. The average molecular weight is 270 g/mol. The molecule has 1 saturated carbocycles. The number of ether oxygens (including phenoxy) is 1. The molecule has 1 heterocycles. The first-order chi connectivity index (χ1) is 9.81. The van der Waals surface area contributed by atoms with Crippen molar-refractivity contribution >= 4 is 5.69 Å². The normalized spacial score (nSPS) is 20.9. The van der Waals surface area contributed by atoms with E-state index in [0.717, 1.165) is 5.75 Å². The van der Waals surface area contributed by atoms with Crippen LogP contribution in [-0.2, 0) is 0 Å². The van der Waals surface area contributed by atoms with Gasteiger partial charge in [0.15, 0.2) is 6.61 Å². The number of anilines is 1. The van der Waals surface area contributed by atoms with Crippen LogP contribution in [-0.4, -0.2) is 19.7 Å². The topological polar surface area (TPSA) is 36.3 Å². The highest BCUT2D eigenvalue weighted by Gasteiger charge is 2.42. The highest BCUT2D eigenvalue weighted by atomic mass is 16.5. The maximum absolute atomic E-state index is 8.57. The van der Waals surface area contributed by atoms with Crippen molar-refractivity contribution in [2.75, 3.05) is 24.6 Å². The average Bonchev–Trinajstić information content (AvgIpc) is 2.69. The molecule has 106 valence electrons. The molecule has 0 bridgehead atoms. The summed E-state index contributed by atoms with van der Waals surface area (Å²) in [5, 5.41) is 8.57. The Kier molecular flexibility index (Phi) is 3.82. The molecule has 3 nitrogen and oxygen atoms in total. The lowest BCUT2D eigenvalue weighted by Gasteiger charge is -2.51. The highest BCUT2D eigenvalue weighted by Crippen LogP contribution is 2.44. The Labute approximate surface area is 121 Å². The lowest BCUT2D eigenvalue weighted by Crippen LogP contribution is -2.56. The molecule has 2 aliphatic rings. The predicted molar refractivity (Wildman–Crippen MR) is 79.9 cm³/mol. The van der Waals surface area contributed by atoms with E-state index in [2.05, 4.69) is 17.0 Å². The second-order valence-corrected chi connectivity index (χ2v) is 6.21. The Hall–Kier alpha value is -1.69. The zero-order chi connectivity index (χ0) is 13.8. The summed E-state index contributed by atoms with van der Waals surface area (Å²) in [6, 6.07) is 10.1. The smallest absolute Gasteiger partial charge is 0.174 e. The van der Waals surface area contributed by atoms with Crippen molar-refractivity contribution in [2.45, 2.75) is 38.5 Å². The summed E-state index contributed by atoms with van der Waals surface area (Å²) in [5.74, 6) is 0.797. The molecule has 0 N–H and O–H groups in total. The van der Waals surface area contributed by atoms with Crippen molar-refractivity contribution in [3.05, 3.63) is 24.3 Å². The Morgan fingerprint density at radius 3 is 2.60 bits per heavy atom. The lowest BCUT2D eigenvalue weighted by molar-refractivity contribution is 0.180. The predicted octanol–water partition coefficient (Wildman–Crippen LogP) is 3.75. The SMILES string of the molecule is N#CCOc1cccc(N2CC3(CCCCCC3)C2)c1. The van der Waals surface area contributed by atoms with Crippen LogP contribution in [0.15, 0.2) is 24.3 Å². The number of rotatable bonds is 3. The van der Waals surface area contributed by atoms with Crippen molar-refractivity contribution in [3.63, 3.8) is 0 Å². The van der Waals surface area contributed by atoms with Gasteiger partial charge in [0.2, 0.25) is 0 Å². The second kappa shape index (κ2) is 5.75. The van der Waals surface area contributed by atoms with E-state index in [1.165, 1.54) is 57.3 Å². The van der Waals surface area contributed by atoms with E-state index in [1.54, 1.807) is 0 Å². The third kappa shape index (κ3) is 2.75. The van der Waals surface area contributed by atoms with E-state index in [-0.39, 0.29) is 6.61 Å². The summed E-state index contributed by atoms with van der Waals surface area (Å²) in [5.41, 5.74) is 1.82. The molecule has 1 aromatic rings. The van der Waals surface area contributed by atoms with Gasteiger partial charge in [-0.1, -0.05) is 31.7 Å². The van der Waals surface area contributed by atoms with Gasteiger partial charge >= 0.3 is 0 Å². The van der Waals surface area contributed by atoms with Crippen LogP contribution in [0.1, 0.15) is 38.5 Å². The van der Waals surface area contributed by atoms with Gasteiger partial charge in [0, 0.05) is 30.3 Å². The summed E-state index contributed by atoms with van der Waals surface area (Å²) < 4.78 is 5.38. The van der Waals surface area contributed by atoms with Gasteiger partial charge in [-0.3, -0.25) is 0 Å². The van der Waals surface area contributed by atoms with Gasteiger partial charge < -0.3 is 9.64 Å². The van der Waals surface area contributed by atoms with Gasteiger partial charge in [0.05, 0.1) is 0 Å². The van der Waals surface area contributed by atoms with Gasteiger partial charge in [-0.2, -0.15) is 5.26 Å². The molecule has 1 spiro atoms. The number of benzene rings is 1. The van der Waals surface area contributed by atoms with E-state index in [0.29, 0.717) is 5.41 Å². The van der Waals surface area contributed by atoms with Crippen LogP contribution >= 0.6 is 0 Å². The van der Waals surface area contributed by atoms with Crippen LogP contribution in [0.2, 0.25) is 0 Å². The van der Waals surface area contributed by atoms with Crippen molar-refractivity contribution in [3.8, 4) is 11.8 Å². The van der Waals surface area contributed by atoms with Crippen LogP contribution in [0, 0.1) is 16.7 Å². The Bertz CT molecular complexity index is 490. The minimum absolute atomic E-state index is 0.118. The molecule has 1 aromatic carbocycles. The fourth-order valence-corrected chi connectivity index (χ4v) is 3.63. The number of hydrogen-bond acceptors (Lipinski definition) is 3. The van der Waals surface area contributed by atoms with Crippen LogP contribution in [0.25, 0.3) is 0 Å². The van der Waals surface area contributed by atoms with Gasteiger partial charge in [-0.25, -0.2) is 0 Å². The van der Waals surface area contributed by atoms with Gasteiger partial charge in [-0.15, -0.1) is 0 Å². The number of nitrogens with zero attached hydrogens (tertiary/aromatic N) is 2. The first kappa shape index (κ1) is 13.3. The van der Waals surface area contributed by atoms with Gasteiger partial charge in [-0.05, 0) is 25.0 Å². The zero-order valence-corrected chi connectivity index (χ0v) is 12.0. The Morgan fingerprint density at radius 2 is 1.90 bits per heavy atom. The van der Waals surface area contributed by atoms with Crippen molar-refractivity contribution < 1.29 is 4.74 Å². The largest absolute Gasteiger partial charge is 0.479 e. The van der Waals surface area contributed by atoms with Crippen LogP contribution < -0.4 is 9.64 Å². The maximum atomic E-state index is 8.57. The summed E-state index contributed by atoms with van der Waals surface area (Å²) in [7, 11) is 0. The van der Waals surface area contributed by atoms with Gasteiger partial charge in [0.1, 0.15) is 11.8 Å². The molecule has 20 heavy (non-hydrogen) atoms. The van der Waals surface area contributed by atoms with E-state index in [4.69, 9.17) is 10.00 Å². The molecule has 1 aliphatic carbocycles. The molecular weight excluding hydrogens is 248 g/mol. The quantitative estimate of drug-likeness (QED) is 0.839. The van der Waals surface area contributed by atoms with Crippen molar-refractivity contribution in [1.82, 2.24) is 0 Å². The summed E-state index contributed by atoms with van der Waals surface area (Å²) in [6.45, 7) is 2.50. The Morgan fingerprint density at radius 1 is 1.15 bits per heavy atom. The summed E-state index contributed by atoms with van der Waals surface area (Å²) in [6.07, 6.45) is 8.43. The van der Waals surface area contributed by atoms with E-state index in [1.807, 2.05) is 18.2 Å². The molecule has 1 saturated heterocycles. The molecule has 0 radical (unpaired) electrons. The second-order valence-electron chi connectivity index (χ2n) is 6.21. The molecule has 3 rings (SSSR count). The van der Waals surface area contributed by atoms with Crippen molar-refractivity contribution in [1.29, 1.82) is 5.26 Å². The first-order valence-corrected chi connectivity index (χ1v) is 7.66. The van der Waals surface area contributed by atoms with Crippen LogP contribution in [0.3, 0.4) is 0 Å². The van der Waals surface area contributed by atoms with E-state index < -0.39 is 0 Å². The minimum Gasteiger partial charge on any atom is -0.479 e.